The molecule has 0 saturated heterocycles. The Balaban J connectivity index is 0.000000361. The minimum absolute atomic E-state index is 0. The van der Waals surface area contributed by atoms with Crippen molar-refractivity contribution in [2.24, 2.45) is 17.8 Å². The molecule has 0 aliphatic heterocycles. The van der Waals surface area contributed by atoms with E-state index in [0.717, 1.165) is 278 Å². The summed E-state index contributed by atoms with van der Waals surface area (Å²) in [6, 6.07) is 48.6. The fourth-order valence-electron chi connectivity index (χ4n) is 15.1. The summed E-state index contributed by atoms with van der Waals surface area (Å²) in [5.41, 5.74) is 9.27. The molecule has 20 heteroatoms. The van der Waals surface area contributed by atoms with Crippen LogP contribution in [0.4, 0.5) is 0 Å². The first-order chi connectivity index (χ1) is 61.9. The van der Waals surface area contributed by atoms with Crippen molar-refractivity contribution in [2.45, 2.75) is 290 Å². The Morgan fingerprint density at radius 1 is 0.264 bits per heavy atom. The Hall–Kier alpha value is -9.58. The van der Waals surface area contributed by atoms with E-state index in [1.54, 1.807) is 13.8 Å². The van der Waals surface area contributed by atoms with Crippen LogP contribution in [-0.4, -0.2) is 94.0 Å². The molecule has 0 unspecified atom stereocenters. The number of unbranched alkanes of at least 4 members (excludes halogenated alkanes) is 18. The first-order valence-electron chi connectivity index (χ1n) is 47.4. The van der Waals surface area contributed by atoms with Gasteiger partial charge in [0.1, 0.15) is 28.7 Å². The van der Waals surface area contributed by atoms with Gasteiger partial charge in [-0.2, -0.15) is 0 Å². The van der Waals surface area contributed by atoms with E-state index in [-0.39, 0.29) is 99.6 Å². The Kier molecular flexibility index (Phi) is 60.9. The van der Waals surface area contributed by atoms with Crippen molar-refractivity contribution >= 4 is 47.8 Å². The fourth-order valence-corrected chi connectivity index (χ4v) is 15.1. The molecule has 0 amide bonds. The maximum Gasteiger partial charge on any atom is 0.333 e. The molecule has 18 nitrogen and oxygen atoms in total. The molecule has 4 saturated carbocycles. The zero-order valence-electron chi connectivity index (χ0n) is 77.3. The normalized spacial score (nSPS) is 13.1. The number of ether oxygens (including phenoxy) is 10. The molecule has 0 aromatic heterocycles. The molecule has 4 aliphatic rings. The second kappa shape index (κ2) is 70.3. The van der Waals surface area contributed by atoms with Crippen LogP contribution in [0.2, 0.25) is 0 Å². The molecule has 6 aromatic carbocycles. The first-order valence-corrected chi connectivity index (χ1v) is 47.4. The largest absolute Gasteiger partial charge is 0.494 e. The van der Waals surface area contributed by atoms with Crippen LogP contribution in [-0.2, 0) is 115 Å². The molecule has 0 atom stereocenters. The van der Waals surface area contributed by atoms with Crippen LogP contribution < -0.4 is 23.7 Å². The summed E-state index contributed by atoms with van der Waals surface area (Å²) in [4.78, 5) is 91.4. The van der Waals surface area contributed by atoms with Gasteiger partial charge in [0.2, 0.25) is 0 Å². The van der Waals surface area contributed by atoms with E-state index in [4.69, 9.17) is 47.4 Å². The van der Waals surface area contributed by atoms with E-state index < -0.39 is 0 Å². The van der Waals surface area contributed by atoms with Gasteiger partial charge >= 0.3 is 47.8 Å². The van der Waals surface area contributed by atoms with E-state index in [9.17, 15) is 38.4 Å². The van der Waals surface area contributed by atoms with Crippen molar-refractivity contribution in [2.75, 3.05) is 46.2 Å². The van der Waals surface area contributed by atoms with Crippen molar-refractivity contribution in [1.82, 2.24) is 0 Å². The van der Waals surface area contributed by atoms with E-state index in [0.29, 0.717) is 74.6 Å². The number of rotatable bonds is 53. The molecule has 0 spiro atoms. The SMILES string of the molecule is C1CCCC1.C=C(C)C(=O)OCCCCCCCOc1ccc(-c2ccc(-c3ccc(OCCCCCOC(=O)C(=C)C)cc3)cc2)cc1.C=CC(=O)OCCCCCCCc1ccc(OC(=O)C2CCCC2)cc1.C=CC(=O)OCCCCCCCc1ccc(OC(=O)C2CCCC2)cc1.C=CC(=O)OCCCCCCCc1ccc(OC(=O)C2CCCC2)cc1.[Fe].[Fe]. The van der Waals surface area contributed by atoms with Crippen LogP contribution in [0, 0.1) is 17.8 Å². The maximum absolute atomic E-state index is 12.0. The average Bonchev–Trinajstić information content (AvgIpc) is 1.81. The third kappa shape index (κ3) is 51.0. The van der Waals surface area contributed by atoms with E-state index in [2.05, 4.69) is 81.4 Å². The van der Waals surface area contributed by atoms with Crippen molar-refractivity contribution < 1.29 is 120 Å². The predicted molar refractivity (Wildman–Crippen MR) is 506 cm³/mol. The number of esters is 8. The van der Waals surface area contributed by atoms with Gasteiger partial charge in [0.05, 0.1) is 64.0 Å². The van der Waals surface area contributed by atoms with Crippen LogP contribution in [0.3, 0.4) is 0 Å². The second-order valence-corrected chi connectivity index (χ2v) is 33.6. The van der Waals surface area contributed by atoms with Gasteiger partial charge in [-0.3, -0.25) is 14.4 Å². The third-order valence-electron chi connectivity index (χ3n) is 22.8. The van der Waals surface area contributed by atoms with E-state index >= 15 is 0 Å². The van der Waals surface area contributed by atoms with Gasteiger partial charge in [-0.25, -0.2) is 24.0 Å². The number of hydrogen-bond donors (Lipinski definition) is 0. The summed E-state index contributed by atoms with van der Waals surface area (Å²) < 4.78 is 53.3. The summed E-state index contributed by atoms with van der Waals surface area (Å²) >= 11 is 0. The molecular weight excluding hydrogens is 1710 g/mol. The van der Waals surface area contributed by atoms with Gasteiger partial charge in [0.15, 0.2) is 0 Å². The van der Waals surface area contributed by atoms with E-state index in [1.807, 2.05) is 97.1 Å². The van der Waals surface area contributed by atoms with Crippen molar-refractivity contribution in [3.63, 3.8) is 0 Å². The summed E-state index contributed by atoms with van der Waals surface area (Å²) in [6.45, 7) is 24.2. The minimum atomic E-state index is -0.345. The number of aryl methyl sites for hydroxylation is 3. The molecule has 0 N–H and O–H groups in total. The second-order valence-electron chi connectivity index (χ2n) is 33.6. The Bertz CT molecular complexity index is 3900. The number of hydrogen-bond acceptors (Lipinski definition) is 18. The molecule has 0 bridgehead atoms. The summed E-state index contributed by atoms with van der Waals surface area (Å²) in [7, 11) is 0. The molecule has 0 radical (unpaired) electrons. The molecular formula is C109H146Fe2O18. The summed E-state index contributed by atoms with van der Waals surface area (Å²) in [6.07, 6.45) is 50.8. The summed E-state index contributed by atoms with van der Waals surface area (Å²) in [5.74, 6) is 2.06. The third-order valence-corrected chi connectivity index (χ3v) is 22.8. The van der Waals surface area contributed by atoms with Crippen LogP contribution in [0.5, 0.6) is 28.7 Å². The molecule has 4 aliphatic carbocycles. The first kappa shape index (κ1) is 112. The number of carbonyl (C=O) groups excluding carboxylic acids is 8. The van der Waals surface area contributed by atoms with E-state index in [1.165, 1.54) is 67.0 Å². The molecule has 10 rings (SSSR count). The molecule has 0 heterocycles. The molecule has 129 heavy (non-hydrogen) atoms. The fraction of sp³-hybridized carbons (Fsp3) is 0.505. The van der Waals surface area contributed by atoms with Crippen LogP contribution in [0.1, 0.15) is 287 Å². The van der Waals surface area contributed by atoms with Crippen LogP contribution >= 0.6 is 0 Å². The summed E-state index contributed by atoms with van der Waals surface area (Å²) in [5, 5.41) is 0. The minimum Gasteiger partial charge on any atom is -0.494 e. The van der Waals surface area contributed by atoms with Gasteiger partial charge in [-0.1, -0.05) is 266 Å². The standard InChI is InChI=1S/C38H46O6.3C22H30O4.C5H10.2Fe/c1-29(2)37(39)43-27-10-7-5-6-9-25-41-35-21-17-33(18-22-35)31-13-15-32(16-14-31)34-19-23-36(24-20-34)42-26-11-8-12-28-44-38(40)30(3)4;3*1-2-21(23)25-17-9-5-3-4-6-10-18-13-15-20(16-14-18)26-22(24)19-11-7-8-12-19;1-2-4-5-3-1;;/h13-24H,1,3,5-12,25-28H2,2,4H3;3*2,13-16,19H,1,3-12,17H2;1-5H2;;. The molecule has 706 valence electrons. The van der Waals surface area contributed by atoms with Crippen LogP contribution in [0.25, 0.3) is 22.3 Å². The number of benzene rings is 6. The smallest absolute Gasteiger partial charge is 0.333 e. The predicted octanol–water partition coefficient (Wildman–Crippen LogP) is 26.1. The Morgan fingerprint density at radius 3 is 0.705 bits per heavy atom. The van der Waals surface area contributed by atoms with Gasteiger partial charge in [-0.15, -0.1) is 0 Å². The molecule has 6 aromatic rings. The average molecular weight is 1860 g/mol. The van der Waals surface area contributed by atoms with Crippen molar-refractivity contribution in [3.8, 4) is 51.0 Å². The Labute approximate surface area is 792 Å². The monoisotopic (exact) mass is 1850 g/mol. The maximum atomic E-state index is 12.0. The number of carbonyl (C=O) groups is 8. The van der Waals surface area contributed by atoms with Gasteiger partial charge in [-0.05, 0) is 242 Å². The topological polar surface area (TPSA) is 229 Å². The zero-order chi connectivity index (χ0) is 91.0. The Morgan fingerprint density at radius 2 is 0.465 bits per heavy atom. The molecule has 4 fully saturated rings. The van der Waals surface area contributed by atoms with Gasteiger partial charge in [0, 0.05) is 63.5 Å². The quantitative estimate of drug-likeness (QED) is 0.00863. The van der Waals surface area contributed by atoms with Crippen LogP contribution in [0.15, 0.2) is 208 Å². The van der Waals surface area contributed by atoms with Gasteiger partial charge in [0.25, 0.3) is 0 Å². The zero-order valence-corrected chi connectivity index (χ0v) is 79.5. The van der Waals surface area contributed by atoms with Gasteiger partial charge < -0.3 is 47.4 Å². The van der Waals surface area contributed by atoms with Crippen molar-refractivity contribution in [3.05, 3.63) is 225 Å². The van der Waals surface area contributed by atoms with Crippen molar-refractivity contribution in [1.29, 1.82) is 0 Å².